The predicted octanol–water partition coefficient (Wildman–Crippen LogP) is 4.11. The van der Waals surface area contributed by atoms with Crippen molar-refractivity contribution in [1.82, 2.24) is 14.9 Å². The molecule has 0 aliphatic carbocycles. The number of hydrogen-bond acceptors (Lipinski definition) is 8. The van der Waals surface area contributed by atoms with Crippen LogP contribution in [0.2, 0.25) is 0 Å². The highest BCUT2D eigenvalue weighted by Crippen LogP contribution is 2.43. The van der Waals surface area contributed by atoms with Gasteiger partial charge in [0.1, 0.15) is 24.2 Å². The summed E-state index contributed by atoms with van der Waals surface area (Å²) in [6, 6.07) is 10.9. The first-order valence-electron chi connectivity index (χ1n) is 10.5. The van der Waals surface area contributed by atoms with Crippen LogP contribution in [0.1, 0.15) is 34.7 Å². The molecule has 0 saturated heterocycles. The topological polar surface area (TPSA) is 87.5 Å². The van der Waals surface area contributed by atoms with Gasteiger partial charge < -0.3 is 19.6 Å². The molecule has 0 unspecified atom stereocenters. The maximum absolute atomic E-state index is 13.7. The number of nitrogens with zero attached hydrogens (tertiary/aromatic N) is 3. The van der Waals surface area contributed by atoms with E-state index in [1.165, 1.54) is 0 Å². The highest BCUT2D eigenvalue weighted by atomic mass is 32.2. The van der Waals surface area contributed by atoms with Gasteiger partial charge in [0.2, 0.25) is 5.16 Å². The zero-order valence-corrected chi connectivity index (χ0v) is 18.7. The molecule has 1 N–H and O–H groups in total. The Bertz CT molecular complexity index is 1230. The second kappa shape index (κ2) is 8.75. The lowest BCUT2D eigenvalue weighted by atomic mass is 9.96. The molecule has 0 radical (unpaired) electrons. The minimum atomic E-state index is -4.73. The number of alkyl halides is 3. The Balaban J connectivity index is 1.58. The molecule has 0 fully saturated rings. The monoisotopic (exact) mass is 492 g/mol. The summed E-state index contributed by atoms with van der Waals surface area (Å²) < 4.78 is 58.2. The number of rotatable bonds is 5. The van der Waals surface area contributed by atoms with Crippen molar-refractivity contribution in [2.24, 2.45) is 0 Å². The molecule has 0 saturated carbocycles. The highest BCUT2D eigenvalue weighted by molar-refractivity contribution is 8.00. The third-order valence-corrected chi connectivity index (χ3v) is 6.54. The van der Waals surface area contributed by atoms with Gasteiger partial charge in [-0.1, -0.05) is 30.0 Å². The minimum Gasteiger partial charge on any atom is -0.494 e. The molecule has 2 aromatic carbocycles. The van der Waals surface area contributed by atoms with Crippen molar-refractivity contribution in [3.05, 3.63) is 59.4 Å². The van der Waals surface area contributed by atoms with Gasteiger partial charge in [-0.2, -0.15) is 13.2 Å². The SMILES string of the molecule is CCOc1ccccc1[C@H]1Nn2c(nnc2C(F)(F)F)S[C@@H]1C(=O)c1ccc2c(c1)OCCO2. The number of benzene rings is 2. The van der Waals surface area contributed by atoms with Crippen LogP contribution in [0.15, 0.2) is 47.6 Å². The Morgan fingerprint density at radius 1 is 1.18 bits per heavy atom. The quantitative estimate of drug-likeness (QED) is 0.533. The van der Waals surface area contributed by atoms with Gasteiger partial charge >= 0.3 is 6.18 Å². The molecule has 0 amide bonds. The Morgan fingerprint density at radius 3 is 2.71 bits per heavy atom. The molecule has 178 valence electrons. The Kier molecular flexibility index (Phi) is 5.76. The molecule has 34 heavy (non-hydrogen) atoms. The van der Waals surface area contributed by atoms with E-state index in [9.17, 15) is 18.0 Å². The summed E-state index contributed by atoms with van der Waals surface area (Å²) in [6.45, 7) is 2.93. The summed E-state index contributed by atoms with van der Waals surface area (Å²) in [6.07, 6.45) is -4.73. The number of Topliss-reactive ketones (excluding diaryl/α,β-unsaturated/α-hetero) is 1. The van der Waals surface area contributed by atoms with Crippen LogP contribution >= 0.6 is 11.8 Å². The molecule has 3 heterocycles. The van der Waals surface area contributed by atoms with E-state index < -0.39 is 23.3 Å². The maximum atomic E-state index is 13.7. The molecule has 12 heteroatoms. The predicted molar refractivity (Wildman–Crippen MR) is 116 cm³/mol. The van der Waals surface area contributed by atoms with Gasteiger partial charge in [-0.25, -0.2) is 4.68 Å². The van der Waals surface area contributed by atoms with Crippen LogP contribution in [0.4, 0.5) is 13.2 Å². The fraction of sp³-hybridized carbons (Fsp3) is 0.318. The minimum absolute atomic E-state index is 0.0617. The van der Waals surface area contributed by atoms with Crippen molar-refractivity contribution < 1.29 is 32.2 Å². The van der Waals surface area contributed by atoms with Gasteiger partial charge in [-0.05, 0) is 31.2 Å². The molecule has 2 aliphatic heterocycles. The zero-order valence-electron chi connectivity index (χ0n) is 17.8. The molecule has 0 bridgehead atoms. The molecule has 1 aromatic heterocycles. The van der Waals surface area contributed by atoms with Crippen molar-refractivity contribution in [2.75, 3.05) is 25.2 Å². The van der Waals surface area contributed by atoms with E-state index in [1.807, 2.05) is 0 Å². The van der Waals surface area contributed by atoms with E-state index in [-0.39, 0.29) is 10.9 Å². The lowest BCUT2D eigenvalue weighted by molar-refractivity contribution is -0.147. The van der Waals surface area contributed by atoms with Crippen LogP contribution in [0.25, 0.3) is 0 Å². The second-order valence-electron chi connectivity index (χ2n) is 7.48. The summed E-state index contributed by atoms with van der Waals surface area (Å²) in [5.41, 5.74) is 3.71. The molecule has 3 aromatic rings. The maximum Gasteiger partial charge on any atom is 0.453 e. The van der Waals surface area contributed by atoms with E-state index in [4.69, 9.17) is 14.2 Å². The number of thioether (sulfide) groups is 1. The van der Waals surface area contributed by atoms with E-state index in [2.05, 4.69) is 15.6 Å². The first-order chi connectivity index (χ1) is 16.4. The van der Waals surface area contributed by atoms with Gasteiger partial charge in [-0.3, -0.25) is 4.79 Å². The molecule has 5 rings (SSSR count). The third-order valence-electron chi connectivity index (χ3n) is 5.33. The lowest BCUT2D eigenvalue weighted by Gasteiger charge is -2.34. The number of ether oxygens (including phenoxy) is 3. The highest BCUT2D eigenvalue weighted by Gasteiger charge is 2.45. The summed E-state index contributed by atoms with van der Waals surface area (Å²) in [7, 11) is 0. The summed E-state index contributed by atoms with van der Waals surface area (Å²) in [4.78, 5) is 13.7. The Hall–Kier alpha value is -3.41. The van der Waals surface area contributed by atoms with Crippen LogP contribution in [0, 0.1) is 0 Å². The van der Waals surface area contributed by atoms with Crippen LogP contribution in [-0.2, 0) is 6.18 Å². The van der Waals surface area contributed by atoms with E-state index in [1.54, 1.807) is 49.4 Å². The molecule has 2 aliphatic rings. The van der Waals surface area contributed by atoms with Crippen molar-refractivity contribution >= 4 is 17.5 Å². The Morgan fingerprint density at radius 2 is 1.94 bits per heavy atom. The number of carbonyl (C=O) groups is 1. The number of halogens is 3. The largest absolute Gasteiger partial charge is 0.494 e. The number of hydrogen-bond donors (Lipinski definition) is 1. The molecular formula is C22H19F3N4O4S. The van der Waals surface area contributed by atoms with Crippen molar-refractivity contribution in [2.45, 2.75) is 29.5 Å². The van der Waals surface area contributed by atoms with Crippen LogP contribution in [0.5, 0.6) is 17.2 Å². The normalized spacial score (nSPS) is 19.2. The van der Waals surface area contributed by atoms with Crippen molar-refractivity contribution in [1.29, 1.82) is 0 Å². The third kappa shape index (κ3) is 4.02. The summed E-state index contributed by atoms with van der Waals surface area (Å²) in [5.74, 6) is -0.0643. The molecule has 0 spiro atoms. The van der Waals surface area contributed by atoms with Gasteiger partial charge in [-0.15, -0.1) is 10.2 Å². The number of nitrogens with one attached hydrogen (secondary N) is 1. The van der Waals surface area contributed by atoms with Gasteiger partial charge in [0.25, 0.3) is 5.82 Å². The van der Waals surface area contributed by atoms with E-state index >= 15 is 0 Å². The smallest absolute Gasteiger partial charge is 0.453 e. The molecule has 2 atom stereocenters. The van der Waals surface area contributed by atoms with Gasteiger partial charge in [0.05, 0.1) is 12.6 Å². The number of carbonyl (C=O) groups excluding carboxylic acids is 1. The molecular weight excluding hydrogens is 473 g/mol. The fourth-order valence-electron chi connectivity index (χ4n) is 3.86. The van der Waals surface area contributed by atoms with Gasteiger partial charge in [0, 0.05) is 11.1 Å². The summed E-state index contributed by atoms with van der Waals surface area (Å²) in [5, 5.41) is 6.06. The van der Waals surface area contributed by atoms with Crippen molar-refractivity contribution in [3.8, 4) is 17.2 Å². The van der Waals surface area contributed by atoms with E-state index in [0.29, 0.717) is 48.2 Å². The second-order valence-corrected chi connectivity index (χ2v) is 8.59. The average Bonchev–Trinajstić information content (AvgIpc) is 3.27. The molecule has 8 nitrogen and oxygen atoms in total. The van der Waals surface area contributed by atoms with Crippen LogP contribution in [0.3, 0.4) is 0 Å². The van der Waals surface area contributed by atoms with Crippen molar-refractivity contribution in [3.63, 3.8) is 0 Å². The average molecular weight is 492 g/mol. The Labute approximate surface area is 196 Å². The number of para-hydroxylation sites is 1. The zero-order chi connectivity index (χ0) is 23.9. The number of ketones is 1. The fourth-order valence-corrected chi connectivity index (χ4v) is 5.00. The van der Waals surface area contributed by atoms with E-state index in [0.717, 1.165) is 16.4 Å². The first-order valence-corrected chi connectivity index (χ1v) is 11.4. The number of fused-ring (bicyclic) bond motifs is 2. The van der Waals surface area contributed by atoms with Gasteiger partial charge in [0.15, 0.2) is 17.3 Å². The first kappa shape index (κ1) is 22.4. The lowest BCUT2D eigenvalue weighted by Crippen LogP contribution is -2.40. The standard InChI is InChI=1S/C22H19F3N4O4S/c1-2-31-14-6-4-3-5-13(14)17-19(34-21-27-26-20(22(23,24)25)29(21)28-17)18(30)12-7-8-15-16(11-12)33-10-9-32-15/h3-8,11,17,19,28H,2,9-10H2,1H3/t17-,19+/m1/s1. The number of aromatic nitrogens is 3. The van der Waals surface area contributed by atoms with Crippen LogP contribution < -0.4 is 19.6 Å². The van der Waals surface area contributed by atoms with Crippen LogP contribution in [-0.4, -0.2) is 45.7 Å². The summed E-state index contributed by atoms with van der Waals surface area (Å²) >= 11 is 0.914.